The second kappa shape index (κ2) is 3.16. The largest absolute Gasteiger partial charge is 0.465 e. The molecule has 0 atom stereocenters. The third-order valence-corrected chi connectivity index (χ3v) is 1.89. The molecule has 0 aromatic carbocycles. The second-order valence-electron chi connectivity index (χ2n) is 3.97. The van der Waals surface area contributed by atoms with Gasteiger partial charge < -0.3 is 19.9 Å². The first-order valence-corrected chi connectivity index (χ1v) is 4.12. The third kappa shape index (κ3) is 2.86. The molecule has 13 heavy (non-hydrogen) atoms. The molecular formula is C8H15NO4. The van der Waals surface area contributed by atoms with Gasteiger partial charge in [-0.3, -0.25) is 0 Å². The average molecular weight is 189 g/mol. The lowest BCUT2D eigenvalue weighted by atomic mass is 10.0. The van der Waals surface area contributed by atoms with Gasteiger partial charge in [0.05, 0.1) is 18.8 Å². The average Bonchev–Trinajstić information content (AvgIpc) is 1.95. The number of amides is 1. The van der Waals surface area contributed by atoms with E-state index in [1.165, 1.54) is 0 Å². The first kappa shape index (κ1) is 10.3. The molecule has 0 aromatic heterocycles. The molecule has 1 aliphatic rings. The summed E-state index contributed by atoms with van der Waals surface area (Å²) in [4.78, 5) is 10.4. The Kier molecular flexibility index (Phi) is 2.49. The highest BCUT2D eigenvalue weighted by atomic mass is 16.7. The maximum Gasteiger partial charge on any atom is 0.405 e. The van der Waals surface area contributed by atoms with E-state index >= 15 is 0 Å². The monoisotopic (exact) mass is 189 g/mol. The summed E-state index contributed by atoms with van der Waals surface area (Å²) in [6, 6.07) is 0. The number of ether oxygens (including phenoxy) is 2. The molecule has 0 aliphatic carbocycles. The van der Waals surface area contributed by atoms with Crippen LogP contribution >= 0.6 is 0 Å². The number of nitrogens with one attached hydrogen (secondary N) is 1. The highest BCUT2D eigenvalue weighted by Gasteiger charge is 2.37. The number of rotatable bonds is 1. The molecule has 1 rings (SSSR count). The predicted octanol–water partition coefficient (Wildman–Crippen LogP) is 0.796. The van der Waals surface area contributed by atoms with Gasteiger partial charge in [-0.05, 0) is 20.8 Å². The van der Waals surface area contributed by atoms with Crippen molar-refractivity contribution < 1.29 is 19.4 Å². The molecule has 1 heterocycles. The molecule has 0 unspecified atom stereocenters. The Morgan fingerprint density at radius 3 is 2.15 bits per heavy atom. The van der Waals surface area contributed by atoms with Crippen LogP contribution in [-0.4, -0.2) is 35.7 Å². The van der Waals surface area contributed by atoms with Gasteiger partial charge in [0.25, 0.3) is 0 Å². The van der Waals surface area contributed by atoms with Gasteiger partial charge in [0.2, 0.25) is 0 Å². The van der Waals surface area contributed by atoms with Gasteiger partial charge in [-0.1, -0.05) is 0 Å². The van der Waals surface area contributed by atoms with Crippen molar-refractivity contribution in [3.05, 3.63) is 0 Å². The van der Waals surface area contributed by atoms with Gasteiger partial charge in [-0.15, -0.1) is 0 Å². The van der Waals surface area contributed by atoms with Crippen molar-refractivity contribution in [1.29, 1.82) is 0 Å². The lowest BCUT2D eigenvalue weighted by Gasteiger charge is -2.41. The van der Waals surface area contributed by atoms with Gasteiger partial charge in [0.15, 0.2) is 5.79 Å². The zero-order chi connectivity index (χ0) is 10.1. The molecule has 1 aliphatic heterocycles. The van der Waals surface area contributed by atoms with Crippen LogP contribution in [0, 0.1) is 0 Å². The lowest BCUT2D eigenvalue weighted by molar-refractivity contribution is -0.267. The zero-order valence-electron chi connectivity index (χ0n) is 8.09. The zero-order valence-corrected chi connectivity index (χ0v) is 8.09. The Hall–Kier alpha value is -0.810. The van der Waals surface area contributed by atoms with Crippen molar-refractivity contribution in [3.63, 3.8) is 0 Å². The fraction of sp³-hybridized carbons (Fsp3) is 0.875. The van der Waals surface area contributed by atoms with Gasteiger partial charge >= 0.3 is 6.09 Å². The van der Waals surface area contributed by atoms with E-state index in [0.717, 1.165) is 0 Å². The van der Waals surface area contributed by atoms with Crippen LogP contribution in [0.15, 0.2) is 0 Å². The van der Waals surface area contributed by atoms with Crippen LogP contribution < -0.4 is 5.32 Å². The van der Waals surface area contributed by atoms with E-state index in [0.29, 0.717) is 13.2 Å². The molecule has 0 saturated carbocycles. The maximum atomic E-state index is 10.4. The fourth-order valence-corrected chi connectivity index (χ4v) is 1.08. The number of carboxylic acid groups (broad SMARTS) is 1. The van der Waals surface area contributed by atoms with E-state index in [9.17, 15) is 4.79 Å². The minimum atomic E-state index is -1.06. The number of hydrogen-bond donors (Lipinski definition) is 2. The number of hydrogen-bond acceptors (Lipinski definition) is 3. The second-order valence-corrected chi connectivity index (χ2v) is 3.97. The Balaban J connectivity index is 2.51. The van der Waals surface area contributed by atoms with E-state index in [1.807, 2.05) is 0 Å². The Labute approximate surface area is 77.0 Å². The molecule has 1 fully saturated rings. The van der Waals surface area contributed by atoms with Crippen LogP contribution in [0.3, 0.4) is 0 Å². The highest BCUT2D eigenvalue weighted by molar-refractivity contribution is 5.65. The predicted molar refractivity (Wildman–Crippen MR) is 45.5 cm³/mol. The minimum absolute atomic E-state index is 0.326. The molecule has 1 amide bonds. The lowest BCUT2D eigenvalue weighted by Crippen LogP contribution is -2.58. The summed E-state index contributed by atoms with van der Waals surface area (Å²) < 4.78 is 10.7. The summed E-state index contributed by atoms with van der Waals surface area (Å²) >= 11 is 0. The van der Waals surface area contributed by atoms with E-state index in [1.54, 1.807) is 20.8 Å². The van der Waals surface area contributed by atoms with Crippen LogP contribution in [-0.2, 0) is 9.47 Å². The molecular weight excluding hydrogens is 174 g/mol. The van der Waals surface area contributed by atoms with E-state index in [4.69, 9.17) is 14.6 Å². The van der Waals surface area contributed by atoms with Crippen molar-refractivity contribution in [2.24, 2.45) is 0 Å². The molecule has 2 N–H and O–H groups in total. The maximum absolute atomic E-state index is 10.4. The fourth-order valence-electron chi connectivity index (χ4n) is 1.08. The summed E-state index contributed by atoms with van der Waals surface area (Å²) in [5.41, 5.74) is -0.638. The summed E-state index contributed by atoms with van der Waals surface area (Å²) in [5, 5.41) is 10.9. The normalized spacial score (nSPS) is 25.2. The van der Waals surface area contributed by atoms with Crippen molar-refractivity contribution in [3.8, 4) is 0 Å². The van der Waals surface area contributed by atoms with Crippen molar-refractivity contribution in [2.45, 2.75) is 32.1 Å². The molecule has 0 bridgehead atoms. The first-order valence-electron chi connectivity index (χ1n) is 4.12. The molecule has 0 radical (unpaired) electrons. The topological polar surface area (TPSA) is 67.8 Å². The van der Waals surface area contributed by atoms with Crippen molar-refractivity contribution in [1.82, 2.24) is 5.32 Å². The van der Waals surface area contributed by atoms with Crippen LogP contribution in [0.2, 0.25) is 0 Å². The molecule has 5 heteroatoms. The van der Waals surface area contributed by atoms with Crippen LogP contribution in [0.1, 0.15) is 20.8 Å². The van der Waals surface area contributed by atoms with E-state index in [-0.39, 0.29) is 0 Å². The molecule has 5 nitrogen and oxygen atoms in total. The van der Waals surface area contributed by atoms with Gasteiger partial charge in [0.1, 0.15) is 0 Å². The van der Waals surface area contributed by atoms with E-state index in [2.05, 4.69) is 5.32 Å². The molecule has 0 spiro atoms. The Morgan fingerprint density at radius 2 is 1.77 bits per heavy atom. The molecule has 1 saturated heterocycles. The summed E-state index contributed by atoms with van der Waals surface area (Å²) in [6.07, 6.45) is -1.06. The highest BCUT2D eigenvalue weighted by Crippen LogP contribution is 2.22. The Morgan fingerprint density at radius 1 is 1.31 bits per heavy atom. The van der Waals surface area contributed by atoms with Gasteiger partial charge in [0, 0.05) is 0 Å². The van der Waals surface area contributed by atoms with Crippen molar-refractivity contribution >= 4 is 6.09 Å². The van der Waals surface area contributed by atoms with Crippen LogP contribution in [0.25, 0.3) is 0 Å². The first-order chi connectivity index (χ1) is 5.83. The minimum Gasteiger partial charge on any atom is -0.465 e. The van der Waals surface area contributed by atoms with Gasteiger partial charge in [-0.25, -0.2) is 4.79 Å². The summed E-state index contributed by atoms with van der Waals surface area (Å²) in [5.74, 6) is -0.611. The SMILES string of the molecule is CC1(NC(=O)O)COC(C)(C)OC1. The molecule has 0 aromatic rings. The number of carbonyl (C=O) groups is 1. The standard InChI is InChI=1S/C8H15NO4/c1-7(2)12-4-8(3,5-13-7)9-6(10)11/h9H,4-5H2,1-3H3,(H,10,11). The van der Waals surface area contributed by atoms with E-state index < -0.39 is 17.4 Å². The molecule has 76 valence electrons. The summed E-state index contributed by atoms with van der Waals surface area (Å²) in [6.45, 7) is 6.00. The van der Waals surface area contributed by atoms with Gasteiger partial charge in [-0.2, -0.15) is 0 Å². The Bertz CT molecular complexity index is 204. The quantitative estimate of drug-likeness (QED) is 0.640. The smallest absolute Gasteiger partial charge is 0.405 e. The summed E-state index contributed by atoms with van der Waals surface area (Å²) in [7, 11) is 0. The van der Waals surface area contributed by atoms with Crippen LogP contribution in [0.4, 0.5) is 4.79 Å². The third-order valence-electron chi connectivity index (χ3n) is 1.89. The van der Waals surface area contributed by atoms with Crippen LogP contribution in [0.5, 0.6) is 0 Å². The van der Waals surface area contributed by atoms with Crippen molar-refractivity contribution in [2.75, 3.05) is 13.2 Å².